The van der Waals surface area contributed by atoms with Gasteiger partial charge < -0.3 is 14.2 Å². The molecule has 0 aromatic heterocycles. The minimum Gasteiger partial charge on any atom is -0.494 e. The predicted octanol–water partition coefficient (Wildman–Crippen LogP) is 4.72. The highest BCUT2D eigenvalue weighted by Crippen LogP contribution is 2.07. The van der Waals surface area contributed by atoms with Crippen LogP contribution in [0.1, 0.15) is 65.7 Å². The fourth-order valence-electron chi connectivity index (χ4n) is 2.74. The van der Waals surface area contributed by atoms with E-state index in [1.54, 1.807) is 6.08 Å². The van der Waals surface area contributed by atoms with Crippen LogP contribution in [0.3, 0.4) is 0 Å². The van der Waals surface area contributed by atoms with Crippen LogP contribution in [-0.2, 0) is 33.4 Å². The van der Waals surface area contributed by atoms with Crippen LogP contribution in [0.2, 0.25) is 0 Å². The van der Waals surface area contributed by atoms with Crippen LogP contribution in [0.25, 0.3) is 0 Å². The number of rotatable bonds is 18. The second kappa shape index (κ2) is 23.7. The molecule has 0 saturated carbocycles. The second-order valence-electron chi connectivity index (χ2n) is 8.01. The standard InChI is InChI=1S/C19H28N2O7.C9H16O/c1-5-17(24)27-13-9-7-11-20(15(3)22)19(26)21(16(4)23)12-8-10-14-28-18(25)6-2;1-4-6-7-8-10-9(3)5-2/h5-6H,1-2,7-14H2,3-4H3;5H,2-4,6-8H2,1H3. The zero-order valence-electron chi connectivity index (χ0n) is 23.2. The molecule has 4 amide bonds. The van der Waals surface area contributed by atoms with Gasteiger partial charge in [0, 0.05) is 39.1 Å². The van der Waals surface area contributed by atoms with Crippen molar-refractivity contribution < 1.29 is 38.2 Å². The molecule has 0 rings (SSSR count). The van der Waals surface area contributed by atoms with Crippen LogP contribution in [0.5, 0.6) is 0 Å². The van der Waals surface area contributed by atoms with Crippen molar-refractivity contribution in [2.24, 2.45) is 0 Å². The highest BCUT2D eigenvalue weighted by molar-refractivity contribution is 6.00. The summed E-state index contributed by atoms with van der Waals surface area (Å²) < 4.78 is 14.8. The Balaban J connectivity index is 0. The third-order valence-electron chi connectivity index (χ3n) is 4.86. The first-order valence-electron chi connectivity index (χ1n) is 12.7. The van der Waals surface area contributed by atoms with Crippen LogP contribution in [0, 0.1) is 0 Å². The Bertz CT molecular complexity index is 757. The lowest BCUT2D eigenvalue weighted by Gasteiger charge is -2.26. The topological polar surface area (TPSA) is 120 Å². The number of carbonyl (C=O) groups is 5. The van der Waals surface area contributed by atoms with Crippen molar-refractivity contribution >= 4 is 29.8 Å². The number of esters is 2. The Morgan fingerprint density at radius 1 is 0.632 bits per heavy atom. The molecular formula is C28H44N2O8. The SMILES string of the molecule is C=CC(=C)OCCCCC.C=CC(=O)OCCCCN(C(C)=O)C(=O)N(CCCCOC(=O)C=C)C(C)=O. The minimum absolute atomic E-state index is 0.0978. The summed E-state index contributed by atoms with van der Waals surface area (Å²) >= 11 is 0. The van der Waals surface area contributed by atoms with E-state index in [-0.39, 0.29) is 26.3 Å². The van der Waals surface area contributed by atoms with E-state index in [0.29, 0.717) is 31.4 Å². The predicted molar refractivity (Wildman–Crippen MR) is 146 cm³/mol. The number of carbonyl (C=O) groups excluding carboxylic acids is 5. The van der Waals surface area contributed by atoms with Crippen LogP contribution >= 0.6 is 0 Å². The summed E-state index contributed by atoms with van der Waals surface area (Å²) in [5, 5.41) is 0. The monoisotopic (exact) mass is 536 g/mol. The van der Waals surface area contributed by atoms with E-state index in [4.69, 9.17) is 14.2 Å². The van der Waals surface area contributed by atoms with Crippen LogP contribution in [-0.4, -0.2) is 72.5 Å². The summed E-state index contributed by atoms with van der Waals surface area (Å²) in [5.41, 5.74) is 0. The molecule has 0 unspecified atom stereocenters. The molecule has 0 aliphatic carbocycles. The molecule has 214 valence electrons. The average molecular weight is 537 g/mol. The van der Waals surface area contributed by atoms with Gasteiger partial charge in [-0.15, -0.1) is 0 Å². The lowest BCUT2D eigenvalue weighted by Crippen LogP contribution is -2.48. The van der Waals surface area contributed by atoms with Gasteiger partial charge in [-0.1, -0.05) is 46.1 Å². The molecule has 0 heterocycles. The molecule has 0 fully saturated rings. The van der Waals surface area contributed by atoms with E-state index in [9.17, 15) is 24.0 Å². The van der Waals surface area contributed by atoms with Gasteiger partial charge in [0.25, 0.3) is 0 Å². The van der Waals surface area contributed by atoms with E-state index in [0.717, 1.165) is 35.0 Å². The first-order chi connectivity index (χ1) is 18.0. The minimum atomic E-state index is -0.703. The van der Waals surface area contributed by atoms with Gasteiger partial charge in [-0.25, -0.2) is 14.4 Å². The maximum Gasteiger partial charge on any atom is 0.333 e. The van der Waals surface area contributed by atoms with Gasteiger partial charge in [-0.2, -0.15) is 0 Å². The first kappa shape index (κ1) is 36.5. The van der Waals surface area contributed by atoms with Crippen molar-refractivity contribution in [2.75, 3.05) is 32.9 Å². The van der Waals surface area contributed by atoms with Crippen LogP contribution in [0.15, 0.2) is 50.3 Å². The first-order valence-corrected chi connectivity index (χ1v) is 12.7. The van der Waals surface area contributed by atoms with Crippen molar-refractivity contribution in [2.45, 2.75) is 65.7 Å². The third-order valence-corrected chi connectivity index (χ3v) is 4.86. The summed E-state index contributed by atoms with van der Waals surface area (Å²) in [4.78, 5) is 60.1. The highest BCUT2D eigenvalue weighted by Gasteiger charge is 2.26. The summed E-state index contributed by atoms with van der Waals surface area (Å²) in [6.07, 6.45) is 9.03. The third kappa shape index (κ3) is 19.5. The maximum absolute atomic E-state index is 12.6. The van der Waals surface area contributed by atoms with E-state index >= 15 is 0 Å². The van der Waals surface area contributed by atoms with E-state index in [1.165, 1.54) is 26.7 Å². The molecule has 0 aliphatic heterocycles. The Morgan fingerprint density at radius 2 is 1.03 bits per heavy atom. The normalized spacial score (nSPS) is 9.55. The van der Waals surface area contributed by atoms with Crippen molar-refractivity contribution in [1.29, 1.82) is 0 Å². The Labute approximate surface area is 227 Å². The number of hydrogen-bond acceptors (Lipinski definition) is 8. The van der Waals surface area contributed by atoms with Crippen LogP contribution in [0.4, 0.5) is 4.79 Å². The molecule has 0 bridgehead atoms. The lowest BCUT2D eigenvalue weighted by molar-refractivity contribution is -0.138. The molecular weight excluding hydrogens is 492 g/mol. The molecule has 0 spiro atoms. The van der Waals surface area contributed by atoms with Gasteiger partial charge in [-0.05, 0) is 38.2 Å². The molecule has 0 radical (unpaired) electrons. The Hall–Kier alpha value is -3.69. The van der Waals surface area contributed by atoms with Crippen LogP contribution < -0.4 is 0 Å². The summed E-state index contributed by atoms with van der Waals surface area (Å²) in [6, 6.07) is -0.703. The molecule has 0 aromatic rings. The molecule has 38 heavy (non-hydrogen) atoms. The molecule has 10 nitrogen and oxygen atoms in total. The van der Waals surface area contributed by atoms with Crippen molar-refractivity contribution in [3.05, 3.63) is 50.3 Å². The zero-order chi connectivity index (χ0) is 29.3. The number of unbranched alkanes of at least 4 members (excludes halogenated alkanes) is 4. The second-order valence-corrected chi connectivity index (χ2v) is 8.01. The number of allylic oxidation sites excluding steroid dienone is 1. The number of nitrogens with zero attached hydrogens (tertiary/aromatic N) is 2. The number of hydrogen-bond donors (Lipinski definition) is 0. The Kier molecular flexibility index (Phi) is 22.7. The largest absolute Gasteiger partial charge is 0.494 e. The smallest absolute Gasteiger partial charge is 0.333 e. The number of imide groups is 2. The van der Waals surface area contributed by atoms with E-state index in [1.807, 2.05) is 0 Å². The van der Waals surface area contributed by atoms with Gasteiger partial charge in [0.1, 0.15) is 5.76 Å². The maximum atomic E-state index is 12.6. The summed E-state index contributed by atoms with van der Waals surface area (Å²) in [6.45, 7) is 19.6. The van der Waals surface area contributed by atoms with Gasteiger partial charge in [0.05, 0.1) is 19.8 Å². The molecule has 0 atom stereocenters. The zero-order valence-corrected chi connectivity index (χ0v) is 23.2. The number of urea groups is 1. The fraction of sp³-hybridized carbons (Fsp3) is 0.536. The quantitative estimate of drug-likeness (QED) is 0.0812. The molecule has 0 aliphatic rings. The fourth-order valence-corrected chi connectivity index (χ4v) is 2.74. The average Bonchev–Trinajstić information content (AvgIpc) is 2.89. The van der Waals surface area contributed by atoms with Gasteiger partial charge in [0.2, 0.25) is 11.8 Å². The van der Waals surface area contributed by atoms with Crippen molar-refractivity contribution in [3.63, 3.8) is 0 Å². The van der Waals surface area contributed by atoms with Crippen molar-refractivity contribution in [1.82, 2.24) is 9.80 Å². The van der Waals surface area contributed by atoms with E-state index in [2.05, 4.69) is 33.2 Å². The van der Waals surface area contributed by atoms with Gasteiger partial charge >= 0.3 is 18.0 Å². The number of ether oxygens (including phenoxy) is 3. The molecule has 10 heteroatoms. The van der Waals surface area contributed by atoms with Gasteiger partial charge in [0.15, 0.2) is 0 Å². The Morgan fingerprint density at radius 3 is 1.37 bits per heavy atom. The highest BCUT2D eigenvalue weighted by atomic mass is 16.5. The lowest BCUT2D eigenvalue weighted by atomic mass is 10.3. The molecule has 0 saturated heterocycles. The van der Waals surface area contributed by atoms with Gasteiger partial charge in [-0.3, -0.25) is 19.4 Å². The molecule has 0 N–H and O–H groups in total. The summed E-state index contributed by atoms with van der Waals surface area (Å²) in [7, 11) is 0. The molecule has 0 aromatic carbocycles. The van der Waals surface area contributed by atoms with E-state index < -0.39 is 29.8 Å². The van der Waals surface area contributed by atoms with Crippen molar-refractivity contribution in [3.8, 4) is 0 Å². The summed E-state index contributed by atoms with van der Waals surface area (Å²) in [5.74, 6) is -1.38. The number of amides is 4.